The van der Waals surface area contributed by atoms with Gasteiger partial charge in [-0.05, 0) is 50.5 Å². The van der Waals surface area contributed by atoms with Crippen LogP contribution in [0.25, 0.3) is 0 Å². The van der Waals surface area contributed by atoms with Crippen LogP contribution >= 0.6 is 11.8 Å². The average molecular weight is 475 g/mol. The first-order valence-electron chi connectivity index (χ1n) is 11.4. The van der Waals surface area contributed by atoms with Gasteiger partial charge in [0.2, 0.25) is 5.91 Å². The van der Waals surface area contributed by atoms with Gasteiger partial charge in [0.15, 0.2) is 12.4 Å². The number of Topliss-reactive ketones (excluding diaryl/α,β-unsaturated/α-hetero) is 1. The zero-order valence-electron chi connectivity index (χ0n) is 19.4. The lowest BCUT2D eigenvalue weighted by molar-refractivity contribution is -0.126. The number of ketones is 1. The number of furan rings is 1. The third-order valence-electron chi connectivity index (χ3n) is 4.91. The number of carbonyl (C=O) groups is 3. The predicted octanol–water partition coefficient (Wildman–Crippen LogP) is 4.04. The minimum Gasteiger partial charge on any atom is -0.484 e. The second-order valence-electron chi connectivity index (χ2n) is 7.86. The van der Waals surface area contributed by atoms with Crippen molar-refractivity contribution in [2.45, 2.75) is 57.7 Å². The molecule has 0 unspecified atom stereocenters. The summed E-state index contributed by atoms with van der Waals surface area (Å²) in [5.74, 6) is 2.16. The monoisotopic (exact) mass is 474 g/mol. The van der Waals surface area contributed by atoms with E-state index in [2.05, 4.69) is 10.6 Å². The van der Waals surface area contributed by atoms with Crippen LogP contribution in [0.15, 0.2) is 47.1 Å². The standard InChI is InChI=1S/C25H34N2O5S/c1-3-7-22(23(28)18-33-17-21-8-6-15-31-21)27-24(29)9-4-5-14-26-25(30)16-32-20-12-10-19(2)11-13-20/h6,8,10-13,15,22H,3-5,7,9,14,16-18H2,1-2H3,(H,26,30)(H,27,29)/t22-/m0/s1. The van der Waals surface area contributed by atoms with Gasteiger partial charge in [-0.25, -0.2) is 0 Å². The molecule has 1 aromatic carbocycles. The second-order valence-corrected chi connectivity index (χ2v) is 8.84. The van der Waals surface area contributed by atoms with E-state index in [4.69, 9.17) is 9.15 Å². The third kappa shape index (κ3) is 11.1. The van der Waals surface area contributed by atoms with Crippen molar-refractivity contribution in [3.05, 3.63) is 54.0 Å². The first kappa shape index (κ1) is 26.5. The lowest BCUT2D eigenvalue weighted by Gasteiger charge is -2.17. The minimum absolute atomic E-state index is 0.0302. The number of carbonyl (C=O) groups excluding carboxylic acids is 3. The molecule has 1 heterocycles. The highest BCUT2D eigenvalue weighted by molar-refractivity contribution is 7.99. The van der Waals surface area contributed by atoms with E-state index in [1.165, 1.54) is 11.8 Å². The molecule has 0 radical (unpaired) electrons. The summed E-state index contributed by atoms with van der Waals surface area (Å²) in [4.78, 5) is 36.7. The molecule has 2 amide bonds. The van der Waals surface area contributed by atoms with Gasteiger partial charge in [-0.3, -0.25) is 14.4 Å². The van der Waals surface area contributed by atoms with Crippen LogP contribution in [0.2, 0.25) is 0 Å². The minimum atomic E-state index is -0.453. The van der Waals surface area contributed by atoms with Gasteiger partial charge < -0.3 is 19.8 Å². The summed E-state index contributed by atoms with van der Waals surface area (Å²) in [6, 6.07) is 10.8. The molecule has 1 aromatic heterocycles. The van der Waals surface area contributed by atoms with Crippen LogP contribution in [0, 0.1) is 6.92 Å². The topological polar surface area (TPSA) is 97.6 Å². The van der Waals surface area contributed by atoms with Crippen molar-refractivity contribution in [3.63, 3.8) is 0 Å². The molecule has 8 heteroatoms. The molecule has 0 saturated carbocycles. The zero-order chi connectivity index (χ0) is 23.9. The Balaban J connectivity index is 1.57. The van der Waals surface area contributed by atoms with Gasteiger partial charge in [0, 0.05) is 13.0 Å². The highest BCUT2D eigenvalue weighted by atomic mass is 32.2. The summed E-state index contributed by atoms with van der Waals surface area (Å²) < 4.78 is 10.7. The van der Waals surface area contributed by atoms with Gasteiger partial charge in [-0.2, -0.15) is 0 Å². The normalized spacial score (nSPS) is 11.6. The first-order chi connectivity index (χ1) is 16.0. The van der Waals surface area contributed by atoms with Crippen molar-refractivity contribution in [1.29, 1.82) is 0 Å². The molecule has 2 rings (SSSR count). The Hall–Kier alpha value is -2.74. The highest BCUT2D eigenvalue weighted by Crippen LogP contribution is 2.14. The van der Waals surface area contributed by atoms with E-state index in [-0.39, 0.29) is 24.2 Å². The maximum atomic E-state index is 12.5. The number of rotatable bonds is 16. The Morgan fingerprint density at radius 1 is 1.09 bits per heavy atom. The van der Waals surface area contributed by atoms with E-state index in [9.17, 15) is 14.4 Å². The number of benzene rings is 1. The molecule has 0 aliphatic rings. The third-order valence-corrected chi connectivity index (χ3v) is 5.89. The number of thioether (sulfide) groups is 1. The van der Waals surface area contributed by atoms with E-state index in [1.54, 1.807) is 6.26 Å². The summed E-state index contributed by atoms with van der Waals surface area (Å²) in [6.45, 7) is 4.42. The fraction of sp³-hybridized carbons (Fsp3) is 0.480. The van der Waals surface area contributed by atoms with Gasteiger partial charge >= 0.3 is 0 Å². The van der Waals surface area contributed by atoms with Crippen molar-refractivity contribution >= 4 is 29.4 Å². The van der Waals surface area contributed by atoms with Gasteiger partial charge in [0.25, 0.3) is 5.91 Å². The van der Waals surface area contributed by atoms with Crippen molar-refractivity contribution in [2.24, 2.45) is 0 Å². The molecule has 0 saturated heterocycles. The summed E-state index contributed by atoms with van der Waals surface area (Å²) in [5.41, 5.74) is 1.13. The average Bonchev–Trinajstić information content (AvgIpc) is 3.31. The number of ether oxygens (including phenoxy) is 1. The van der Waals surface area contributed by atoms with E-state index >= 15 is 0 Å². The van der Waals surface area contributed by atoms with Gasteiger partial charge in [0.1, 0.15) is 11.5 Å². The van der Waals surface area contributed by atoms with Crippen molar-refractivity contribution in [2.75, 3.05) is 18.9 Å². The number of hydrogen-bond acceptors (Lipinski definition) is 6. The SMILES string of the molecule is CCC[C@H](NC(=O)CCCCNC(=O)COc1ccc(C)cc1)C(=O)CSCc1ccco1. The lowest BCUT2D eigenvalue weighted by Crippen LogP contribution is -2.41. The first-order valence-corrected chi connectivity index (χ1v) is 12.5. The van der Waals surface area contributed by atoms with E-state index in [1.807, 2.05) is 50.2 Å². The lowest BCUT2D eigenvalue weighted by atomic mass is 10.1. The molecule has 0 spiro atoms. The quantitative estimate of drug-likeness (QED) is 0.356. The van der Waals surface area contributed by atoms with Crippen LogP contribution in [0.1, 0.15) is 50.4 Å². The molecule has 0 aliphatic heterocycles. The molecular weight excluding hydrogens is 440 g/mol. The molecule has 0 bridgehead atoms. The number of amides is 2. The fourth-order valence-corrected chi connectivity index (χ4v) is 3.96. The Morgan fingerprint density at radius 2 is 1.88 bits per heavy atom. The van der Waals surface area contributed by atoms with Crippen molar-refractivity contribution < 1.29 is 23.5 Å². The van der Waals surface area contributed by atoms with Crippen LogP contribution in [0.4, 0.5) is 0 Å². The Bertz CT molecular complexity index is 852. The Kier molecular flexibility index (Phi) is 12.2. The van der Waals surface area contributed by atoms with Crippen molar-refractivity contribution in [3.8, 4) is 5.75 Å². The van der Waals surface area contributed by atoms with E-state index in [0.29, 0.717) is 49.5 Å². The number of hydrogen-bond donors (Lipinski definition) is 2. The van der Waals surface area contributed by atoms with Crippen LogP contribution in [0.3, 0.4) is 0 Å². The number of unbranched alkanes of at least 4 members (excludes halogenated alkanes) is 1. The summed E-state index contributed by atoms with van der Waals surface area (Å²) in [5, 5.41) is 5.66. The molecule has 1 atom stereocenters. The van der Waals surface area contributed by atoms with Crippen LogP contribution < -0.4 is 15.4 Å². The Labute approximate surface area is 200 Å². The largest absolute Gasteiger partial charge is 0.484 e. The molecule has 180 valence electrons. The van der Waals surface area contributed by atoms with Crippen molar-refractivity contribution in [1.82, 2.24) is 10.6 Å². The summed E-state index contributed by atoms with van der Waals surface area (Å²) in [7, 11) is 0. The molecule has 0 aliphatic carbocycles. The van der Waals surface area contributed by atoms with Gasteiger partial charge in [0.05, 0.1) is 23.8 Å². The fourth-order valence-electron chi connectivity index (χ4n) is 3.09. The van der Waals surface area contributed by atoms with E-state index < -0.39 is 6.04 Å². The van der Waals surface area contributed by atoms with Gasteiger partial charge in [-0.15, -0.1) is 11.8 Å². The maximum absolute atomic E-state index is 12.5. The smallest absolute Gasteiger partial charge is 0.257 e. The molecule has 2 N–H and O–H groups in total. The number of aryl methyl sites for hydroxylation is 1. The molecule has 0 fully saturated rings. The molecule has 2 aromatic rings. The summed E-state index contributed by atoms with van der Waals surface area (Å²) in [6.07, 6.45) is 4.69. The highest BCUT2D eigenvalue weighted by Gasteiger charge is 2.19. The number of nitrogens with one attached hydrogen (secondary N) is 2. The Morgan fingerprint density at radius 3 is 2.58 bits per heavy atom. The molecule has 7 nitrogen and oxygen atoms in total. The van der Waals surface area contributed by atoms with E-state index in [0.717, 1.165) is 17.7 Å². The van der Waals surface area contributed by atoms with Crippen LogP contribution in [0.5, 0.6) is 5.75 Å². The van der Waals surface area contributed by atoms with Gasteiger partial charge in [-0.1, -0.05) is 31.0 Å². The maximum Gasteiger partial charge on any atom is 0.257 e. The van der Waals surface area contributed by atoms with Crippen LogP contribution in [-0.2, 0) is 20.1 Å². The molecule has 33 heavy (non-hydrogen) atoms. The zero-order valence-corrected chi connectivity index (χ0v) is 20.2. The van der Waals surface area contributed by atoms with Crippen LogP contribution in [-0.4, -0.2) is 42.5 Å². The molecular formula is C25H34N2O5S. The predicted molar refractivity (Wildman–Crippen MR) is 130 cm³/mol. The summed E-state index contributed by atoms with van der Waals surface area (Å²) >= 11 is 1.49. The second kappa shape index (κ2) is 15.2.